The molecule has 3 amide bonds. The van der Waals surface area contributed by atoms with E-state index in [1.807, 2.05) is 24.3 Å². The van der Waals surface area contributed by atoms with Gasteiger partial charge in [-0.05, 0) is 30.5 Å². The average Bonchev–Trinajstić information content (AvgIpc) is 2.58. The molecule has 1 aromatic rings. The Bertz CT molecular complexity index is 600. The van der Waals surface area contributed by atoms with Gasteiger partial charge in [0.05, 0.1) is 6.42 Å². The van der Waals surface area contributed by atoms with Crippen molar-refractivity contribution < 1.29 is 19.5 Å². The number of aliphatic carboxylic acids is 1. The first-order valence-electron chi connectivity index (χ1n) is 8.07. The van der Waals surface area contributed by atoms with E-state index in [-0.39, 0.29) is 24.9 Å². The third kappa shape index (κ3) is 4.97. The molecule has 0 spiro atoms. The second-order valence-corrected chi connectivity index (χ2v) is 5.89. The molecule has 2 N–H and O–H groups in total. The minimum absolute atomic E-state index is 0.0809. The van der Waals surface area contributed by atoms with Crippen LogP contribution >= 0.6 is 0 Å². The van der Waals surface area contributed by atoms with Gasteiger partial charge in [-0.1, -0.05) is 12.1 Å². The summed E-state index contributed by atoms with van der Waals surface area (Å²) in [6.45, 7) is 1.27. The van der Waals surface area contributed by atoms with Crippen LogP contribution in [0.2, 0.25) is 0 Å². The Hall–Kier alpha value is -2.57. The fourth-order valence-corrected chi connectivity index (χ4v) is 2.55. The Morgan fingerprint density at radius 1 is 1.25 bits per heavy atom. The number of carboxylic acids is 1. The summed E-state index contributed by atoms with van der Waals surface area (Å²) in [4.78, 5) is 37.4. The number of nitrogens with one attached hydrogen (secondary N) is 1. The highest BCUT2D eigenvalue weighted by Gasteiger charge is 2.19. The second kappa shape index (κ2) is 8.33. The van der Waals surface area contributed by atoms with Crippen LogP contribution in [0.5, 0.6) is 0 Å². The molecule has 7 nitrogen and oxygen atoms in total. The van der Waals surface area contributed by atoms with Crippen molar-refractivity contribution >= 4 is 23.6 Å². The predicted molar refractivity (Wildman–Crippen MR) is 89.8 cm³/mol. The maximum absolute atomic E-state index is 11.9. The summed E-state index contributed by atoms with van der Waals surface area (Å²) in [7, 11) is 1.56. The molecule has 2 rings (SSSR count). The number of amides is 3. The molecular weight excluding hydrogens is 310 g/mol. The second-order valence-electron chi connectivity index (χ2n) is 5.89. The van der Waals surface area contributed by atoms with Crippen molar-refractivity contribution in [1.29, 1.82) is 0 Å². The molecular formula is C17H23N3O4. The van der Waals surface area contributed by atoms with Crippen molar-refractivity contribution in [2.75, 3.05) is 25.0 Å². The van der Waals surface area contributed by atoms with Gasteiger partial charge >= 0.3 is 12.0 Å². The van der Waals surface area contributed by atoms with Crippen LogP contribution in [-0.4, -0.2) is 48.1 Å². The van der Waals surface area contributed by atoms with E-state index in [9.17, 15) is 14.4 Å². The number of carbonyl (C=O) groups is 3. The molecule has 1 saturated heterocycles. The molecule has 7 heteroatoms. The Morgan fingerprint density at radius 2 is 1.96 bits per heavy atom. The number of nitrogens with zero attached hydrogens (tertiary/aromatic N) is 2. The van der Waals surface area contributed by atoms with Gasteiger partial charge in [-0.3, -0.25) is 9.59 Å². The van der Waals surface area contributed by atoms with Crippen molar-refractivity contribution in [3.8, 4) is 0 Å². The molecule has 0 saturated carbocycles. The number of hydrogen-bond acceptors (Lipinski definition) is 3. The zero-order valence-electron chi connectivity index (χ0n) is 13.8. The minimum Gasteiger partial charge on any atom is -0.481 e. The number of urea groups is 1. The number of rotatable bonds is 6. The Morgan fingerprint density at radius 3 is 2.58 bits per heavy atom. The molecule has 130 valence electrons. The van der Waals surface area contributed by atoms with Gasteiger partial charge in [0, 0.05) is 38.8 Å². The SMILES string of the molecule is CN(CCC(=O)O)C(=O)NCc1ccc(N2CCCCC2=O)cc1. The zero-order chi connectivity index (χ0) is 17.5. The Labute approximate surface area is 141 Å². The van der Waals surface area contributed by atoms with Crippen LogP contribution < -0.4 is 10.2 Å². The van der Waals surface area contributed by atoms with Gasteiger partial charge < -0.3 is 20.2 Å². The van der Waals surface area contributed by atoms with Crippen LogP contribution in [0.15, 0.2) is 24.3 Å². The van der Waals surface area contributed by atoms with E-state index in [4.69, 9.17) is 5.11 Å². The predicted octanol–water partition coefficient (Wildman–Crippen LogP) is 1.82. The molecule has 0 aromatic heterocycles. The first-order chi connectivity index (χ1) is 11.5. The van der Waals surface area contributed by atoms with Crippen molar-refractivity contribution in [2.24, 2.45) is 0 Å². The van der Waals surface area contributed by atoms with Crippen molar-refractivity contribution in [3.63, 3.8) is 0 Å². The van der Waals surface area contributed by atoms with Crippen LogP contribution in [0, 0.1) is 0 Å². The number of benzene rings is 1. The molecule has 1 aromatic carbocycles. The number of hydrogen-bond donors (Lipinski definition) is 2. The summed E-state index contributed by atoms with van der Waals surface area (Å²) in [5.74, 6) is -0.778. The van der Waals surface area contributed by atoms with E-state index < -0.39 is 5.97 Å². The quantitative estimate of drug-likeness (QED) is 0.831. The first kappa shape index (κ1) is 17.8. The van der Waals surface area contributed by atoms with Crippen molar-refractivity contribution in [1.82, 2.24) is 10.2 Å². The lowest BCUT2D eigenvalue weighted by molar-refractivity contribution is -0.137. The van der Waals surface area contributed by atoms with E-state index in [2.05, 4.69) is 5.32 Å². The topological polar surface area (TPSA) is 89.9 Å². The normalized spacial score (nSPS) is 14.4. The van der Waals surface area contributed by atoms with Crippen LogP contribution in [0.25, 0.3) is 0 Å². The summed E-state index contributed by atoms with van der Waals surface area (Å²) in [6, 6.07) is 7.23. The summed E-state index contributed by atoms with van der Waals surface area (Å²) in [5, 5.41) is 11.4. The van der Waals surface area contributed by atoms with Gasteiger partial charge in [0.2, 0.25) is 5.91 Å². The summed E-state index contributed by atoms with van der Waals surface area (Å²) in [5.41, 5.74) is 1.80. The van der Waals surface area contributed by atoms with E-state index in [0.29, 0.717) is 13.0 Å². The number of piperidine rings is 1. The third-order valence-electron chi connectivity index (χ3n) is 4.02. The molecule has 0 bridgehead atoms. The summed E-state index contributed by atoms with van der Waals surface area (Å²) < 4.78 is 0. The highest BCUT2D eigenvalue weighted by molar-refractivity contribution is 5.93. The van der Waals surface area contributed by atoms with Gasteiger partial charge in [0.1, 0.15) is 0 Å². The lowest BCUT2D eigenvalue weighted by Gasteiger charge is -2.27. The molecule has 1 heterocycles. The van der Waals surface area contributed by atoms with Crippen LogP contribution in [0.3, 0.4) is 0 Å². The fourth-order valence-electron chi connectivity index (χ4n) is 2.55. The van der Waals surface area contributed by atoms with Gasteiger partial charge in [-0.2, -0.15) is 0 Å². The number of carbonyl (C=O) groups excluding carboxylic acids is 2. The summed E-state index contributed by atoms with van der Waals surface area (Å²) in [6.07, 6.45) is 2.49. The maximum Gasteiger partial charge on any atom is 0.317 e. The molecule has 0 unspecified atom stereocenters. The zero-order valence-corrected chi connectivity index (χ0v) is 13.8. The lowest BCUT2D eigenvalue weighted by atomic mass is 10.1. The lowest BCUT2D eigenvalue weighted by Crippen LogP contribution is -2.38. The molecule has 1 fully saturated rings. The van der Waals surface area contributed by atoms with Gasteiger partial charge in [-0.25, -0.2) is 4.79 Å². The number of carboxylic acid groups (broad SMARTS) is 1. The largest absolute Gasteiger partial charge is 0.481 e. The molecule has 1 aliphatic rings. The van der Waals surface area contributed by atoms with Gasteiger partial charge in [0.25, 0.3) is 0 Å². The summed E-state index contributed by atoms with van der Waals surface area (Å²) >= 11 is 0. The number of anilines is 1. The fraction of sp³-hybridized carbons (Fsp3) is 0.471. The standard InChI is InChI=1S/C17H23N3O4/c1-19(11-9-16(22)23)17(24)18-12-13-5-7-14(8-6-13)20-10-3-2-4-15(20)21/h5-8H,2-4,9-12H2,1H3,(H,18,24)(H,22,23). The maximum atomic E-state index is 11.9. The highest BCUT2D eigenvalue weighted by atomic mass is 16.4. The minimum atomic E-state index is -0.933. The highest BCUT2D eigenvalue weighted by Crippen LogP contribution is 2.21. The molecule has 24 heavy (non-hydrogen) atoms. The molecule has 0 aliphatic carbocycles. The monoisotopic (exact) mass is 333 g/mol. The third-order valence-corrected chi connectivity index (χ3v) is 4.02. The van der Waals surface area contributed by atoms with Gasteiger partial charge in [-0.15, -0.1) is 0 Å². The van der Waals surface area contributed by atoms with Crippen molar-refractivity contribution in [3.05, 3.63) is 29.8 Å². The average molecular weight is 333 g/mol. The molecule has 1 aliphatic heterocycles. The Balaban J connectivity index is 1.84. The first-order valence-corrected chi connectivity index (χ1v) is 8.07. The van der Waals surface area contributed by atoms with Crippen molar-refractivity contribution in [2.45, 2.75) is 32.2 Å². The smallest absolute Gasteiger partial charge is 0.317 e. The molecule has 0 atom stereocenters. The Kier molecular flexibility index (Phi) is 6.17. The van der Waals surface area contributed by atoms with Gasteiger partial charge in [0.15, 0.2) is 0 Å². The van der Waals surface area contributed by atoms with Crippen LogP contribution in [-0.2, 0) is 16.1 Å². The van der Waals surface area contributed by atoms with E-state index in [1.165, 1.54) is 4.90 Å². The molecule has 0 radical (unpaired) electrons. The van der Waals surface area contributed by atoms with E-state index >= 15 is 0 Å². The van der Waals surface area contributed by atoms with E-state index in [1.54, 1.807) is 11.9 Å². The van der Waals surface area contributed by atoms with E-state index in [0.717, 1.165) is 30.6 Å². The van der Waals surface area contributed by atoms with Crippen LogP contribution in [0.4, 0.5) is 10.5 Å². The van der Waals surface area contributed by atoms with Crippen LogP contribution in [0.1, 0.15) is 31.2 Å².